The fourth-order valence-electron chi connectivity index (χ4n) is 2.71. The van der Waals surface area contributed by atoms with Crippen molar-refractivity contribution in [2.45, 2.75) is 11.8 Å². The number of halogens is 2. The molecule has 3 aromatic rings. The minimum atomic E-state index is -4.20. The van der Waals surface area contributed by atoms with E-state index >= 15 is 0 Å². The van der Waals surface area contributed by atoms with Crippen LogP contribution in [0.5, 0.6) is 0 Å². The van der Waals surface area contributed by atoms with Crippen LogP contribution in [0.1, 0.15) is 11.1 Å². The van der Waals surface area contributed by atoms with Crippen molar-refractivity contribution in [2.24, 2.45) is 5.10 Å². The molecular weight excluding hydrogens is 485 g/mol. The van der Waals surface area contributed by atoms with Gasteiger partial charge in [0, 0.05) is 10.0 Å². The number of hydrogen-bond donors (Lipinski definition) is 1. The zero-order valence-corrected chi connectivity index (χ0v) is 18.9. The number of hydrazone groups is 1. The minimum absolute atomic E-state index is 0.0501. The lowest BCUT2D eigenvalue weighted by atomic mass is 10.2. The van der Waals surface area contributed by atoms with Crippen LogP contribution in [0.25, 0.3) is 0 Å². The highest BCUT2D eigenvalue weighted by Gasteiger charge is 2.29. The molecule has 0 aliphatic rings. The average Bonchev–Trinajstić information content (AvgIpc) is 2.74. The SMILES string of the molecule is Cc1ccc(S(=O)(=O)N(CC(=O)N/N=C/c2ccccc2Br)c2ccccc2F)cc1. The Balaban J connectivity index is 1.87. The predicted octanol–water partition coefficient (Wildman–Crippen LogP) is 4.24. The summed E-state index contributed by atoms with van der Waals surface area (Å²) in [5, 5.41) is 3.87. The summed E-state index contributed by atoms with van der Waals surface area (Å²) in [4.78, 5) is 12.4. The fraction of sp³-hybridized carbons (Fsp3) is 0.0909. The Morgan fingerprint density at radius 1 is 1.06 bits per heavy atom. The van der Waals surface area contributed by atoms with Gasteiger partial charge in [0.25, 0.3) is 15.9 Å². The lowest BCUT2D eigenvalue weighted by Gasteiger charge is -2.24. The van der Waals surface area contributed by atoms with Crippen molar-refractivity contribution in [3.63, 3.8) is 0 Å². The van der Waals surface area contributed by atoms with E-state index in [0.29, 0.717) is 0 Å². The first-order chi connectivity index (χ1) is 14.8. The van der Waals surface area contributed by atoms with Gasteiger partial charge in [-0.25, -0.2) is 18.2 Å². The van der Waals surface area contributed by atoms with Crippen LogP contribution in [0.15, 0.2) is 87.3 Å². The number of sulfonamides is 1. The highest BCUT2D eigenvalue weighted by atomic mass is 79.9. The maximum atomic E-state index is 14.4. The fourth-order valence-corrected chi connectivity index (χ4v) is 4.53. The molecule has 31 heavy (non-hydrogen) atoms. The number of nitrogens with zero attached hydrogens (tertiary/aromatic N) is 2. The van der Waals surface area contributed by atoms with E-state index in [-0.39, 0.29) is 10.6 Å². The van der Waals surface area contributed by atoms with E-state index in [4.69, 9.17) is 0 Å². The van der Waals surface area contributed by atoms with Crippen molar-refractivity contribution in [2.75, 3.05) is 10.8 Å². The molecule has 0 aliphatic heterocycles. The Morgan fingerprint density at radius 3 is 2.39 bits per heavy atom. The number of benzene rings is 3. The van der Waals surface area contributed by atoms with E-state index in [9.17, 15) is 17.6 Å². The topological polar surface area (TPSA) is 78.8 Å². The summed E-state index contributed by atoms with van der Waals surface area (Å²) < 4.78 is 42.4. The van der Waals surface area contributed by atoms with Gasteiger partial charge in [0.1, 0.15) is 12.4 Å². The molecule has 0 saturated heterocycles. The third kappa shape index (κ3) is 5.56. The van der Waals surface area contributed by atoms with Crippen LogP contribution < -0.4 is 9.73 Å². The van der Waals surface area contributed by atoms with Crippen molar-refractivity contribution >= 4 is 43.8 Å². The lowest BCUT2D eigenvalue weighted by Crippen LogP contribution is -2.40. The second kappa shape index (κ2) is 9.84. The van der Waals surface area contributed by atoms with Crippen molar-refractivity contribution in [3.8, 4) is 0 Å². The molecule has 0 bridgehead atoms. The van der Waals surface area contributed by atoms with Crippen LogP contribution in [0.4, 0.5) is 10.1 Å². The van der Waals surface area contributed by atoms with E-state index in [2.05, 4.69) is 26.5 Å². The molecule has 1 amide bonds. The minimum Gasteiger partial charge on any atom is -0.271 e. The molecular formula is C22H19BrFN3O3S. The maximum absolute atomic E-state index is 14.4. The summed E-state index contributed by atoms with van der Waals surface area (Å²) in [5.74, 6) is -1.48. The van der Waals surface area contributed by atoms with Gasteiger partial charge in [0.2, 0.25) is 0 Å². The van der Waals surface area contributed by atoms with Gasteiger partial charge in [-0.2, -0.15) is 5.10 Å². The van der Waals surface area contributed by atoms with Crippen molar-refractivity contribution in [1.29, 1.82) is 0 Å². The van der Waals surface area contributed by atoms with Crippen LogP contribution >= 0.6 is 15.9 Å². The van der Waals surface area contributed by atoms with Crippen molar-refractivity contribution in [3.05, 3.63) is 94.2 Å². The molecule has 0 spiro atoms. The molecule has 9 heteroatoms. The highest BCUT2D eigenvalue weighted by Crippen LogP contribution is 2.26. The molecule has 160 valence electrons. The first-order valence-electron chi connectivity index (χ1n) is 9.19. The Hall–Kier alpha value is -3.04. The van der Waals surface area contributed by atoms with Crippen molar-refractivity contribution < 1.29 is 17.6 Å². The second-order valence-corrected chi connectivity index (χ2v) is 9.31. The molecule has 3 aromatic carbocycles. The molecule has 0 unspecified atom stereocenters. The summed E-state index contributed by atoms with van der Waals surface area (Å²) in [7, 11) is -4.20. The number of anilines is 1. The molecule has 6 nitrogen and oxygen atoms in total. The summed E-state index contributed by atoms with van der Waals surface area (Å²) in [6.07, 6.45) is 1.42. The third-order valence-corrected chi connectivity index (χ3v) is 6.81. The van der Waals surface area contributed by atoms with Gasteiger partial charge in [-0.1, -0.05) is 64.0 Å². The molecule has 0 fully saturated rings. The van der Waals surface area contributed by atoms with E-state index in [1.807, 2.05) is 25.1 Å². The number of hydrogen-bond acceptors (Lipinski definition) is 4. The van der Waals surface area contributed by atoms with E-state index in [1.54, 1.807) is 18.2 Å². The van der Waals surface area contributed by atoms with E-state index < -0.39 is 28.3 Å². The average molecular weight is 504 g/mol. The Bertz CT molecular complexity index is 1210. The Kier molecular flexibility index (Phi) is 7.19. The third-order valence-electron chi connectivity index (χ3n) is 4.32. The van der Waals surface area contributed by atoms with Crippen LogP contribution in [0.3, 0.4) is 0 Å². The smallest absolute Gasteiger partial charge is 0.264 e. The molecule has 0 saturated carbocycles. The van der Waals surface area contributed by atoms with E-state index in [0.717, 1.165) is 26.0 Å². The predicted molar refractivity (Wildman–Crippen MR) is 122 cm³/mol. The molecule has 0 aromatic heterocycles. The molecule has 1 N–H and O–H groups in total. The quantitative estimate of drug-likeness (QED) is 0.386. The molecule has 3 rings (SSSR count). The van der Waals surface area contributed by atoms with Crippen LogP contribution in [-0.4, -0.2) is 27.1 Å². The zero-order chi connectivity index (χ0) is 22.4. The van der Waals surface area contributed by atoms with Crippen LogP contribution in [0, 0.1) is 12.7 Å². The van der Waals surface area contributed by atoms with Gasteiger partial charge < -0.3 is 0 Å². The first kappa shape index (κ1) is 22.6. The molecule has 0 heterocycles. The molecule has 0 radical (unpaired) electrons. The maximum Gasteiger partial charge on any atom is 0.264 e. The lowest BCUT2D eigenvalue weighted by molar-refractivity contribution is -0.119. The number of rotatable bonds is 7. The first-order valence-corrected chi connectivity index (χ1v) is 11.4. The Morgan fingerprint density at radius 2 is 1.71 bits per heavy atom. The Labute approximate surface area is 188 Å². The summed E-state index contributed by atoms with van der Waals surface area (Å²) in [6, 6.07) is 18.7. The van der Waals surface area contributed by atoms with Crippen LogP contribution in [0.2, 0.25) is 0 Å². The van der Waals surface area contributed by atoms with Gasteiger partial charge in [-0.05, 0) is 37.3 Å². The number of para-hydroxylation sites is 1. The number of aryl methyl sites for hydroxylation is 1. The van der Waals surface area contributed by atoms with Crippen molar-refractivity contribution in [1.82, 2.24) is 5.43 Å². The summed E-state index contributed by atoms with van der Waals surface area (Å²) in [5.41, 5.74) is 3.66. The van der Waals surface area contributed by atoms with Gasteiger partial charge in [-0.3, -0.25) is 9.10 Å². The second-order valence-electron chi connectivity index (χ2n) is 6.59. The highest BCUT2D eigenvalue weighted by molar-refractivity contribution is 9.10. The largest absolute Gasteiger partial charge is 0.271 e. The molecule has 0 aliphatic carbocycles. The monoisotopic (exact) mass is 503 g/mol. The standard InChI is InChI=1S/C22H19BrFN3O3S/c1-16-10-12-18(13-11-16)31(29,30)27(21-9-5-4-8-20(21)24)15-22(28)26-25-14-17-6-2-3-7-19(17)23/h2-14H,15H2,1H3,(H,26,28)/b25-14+. The number of amides is 1. The van der Waals surface area contributed by atoms with Gasteiger partial charge in [0.15, 0.2) is 0 Å². The van der Waals surface area contributed by atoms with Gasteiger partial charge in [-0.15, -0.1) is 0 Å². The number of nitrogens with one attached hydrogen (secondary N) is 1. The normalized spacial score (nSPS) is 11.5. The number of carbonyl (C=O) groups is 1. The van der Waals surface area contributed by atoms with E-state index in [1.165, 1.54) is 36.5 Å². The van der Waals surface area contributed by atoms with Crippen LogP contribution in [-0.2, 0) is 14.8 Å². The van der Waals surface area contributed by atoms with Gasteiger partial charge >= 0.3 is 0 Å². The van der Waals surface area contributed by atoms with Gasteiger partial charge in [0.05, 0.1) is 16.8 Å². The molecule has 0 atom stereocenters. The summed E-state index contributed by atoms with van der Waals surface area (Å²) >= 11 is 3.37. The zero-order valence-electron chi connectivity index (χ0n) is 16.5. The summed E-state index contributed by atoms with van der Waals surface area (Å²) in [6.45, 7) is 1.17. The number of carbonyl (C=O) groups excluding carboxylic acids is 1.